The summed E-state index contributed by atoms with van der Waals surface area (Å²) in [5.74, 6) is -0.0554. The van der Waals surface area contributed by atoms with Gasteiger partial charge in [0.25, 0.3) is 5.56 Å². The standard InChI is InChI=1S/C15H18N2O2/c1-4-14(18)16-8-11-7-12-10(3)5-9(2)6-13(12)17-15(11)19/h5-7H,4,8H2,1-3H3,(H,16,18)(H,17,19). The molecule has 100 valence electrons. The minimum Gasteiger partial charge on any atom is -0.352 e. The summed E-state index contributed by atoms with van der Waals surface area (Å²) in [6.45, 7) is 6.07. The number of aromatic amines is 1. The second-order valence-electron chi connectivity index (χ2n) is 4.80. The van der Waals surface area contributed by atoms with E-state index >= 15 is 0 Å². The van der Waals surface area contributed by atoms with Crippen LogP contribution < -0.4 is 10.9 Å². The number of pyridine rings is 1. The maximum Gasteiger partial charge on any atom is 0.253 e. The molecule has 0 saturated heterocycles. The first-order chi connectivity index (χ1) is 9.01. The zero-order valence-corrected chi connectivity index (χ0v) is 11.5. The number of carbonyl (C=O) groups is 1. The van der Waals surface area contributed by atoms with Gasteiger partial charge in [0.1, 0.15) is 0 Å². The smallest absolute Gasteiger partial charge is 0.253 e. The van der Waals surface area contributed by atoms with Gasteiger partial charge < -0.3 is 10.3 Å². The third-order valence-corrected chi connectivity index (χ3v) is 3.19. The summed E-state index contributed by atoms with van der Waals surface area (Å²) in [5.41, 5.74) is 3.52. The molecule has 0 aliphatic heterocycles. The van der Waals surface area contributed by atoms with Crippen LogP contribution in [0.1, 0.15) is 30.0 Å². The van der Waals surface area contributed by atoms with Crippen LogP contribution in [0.3, 0.4) is 0 Å². The third-order valence-electron chi connectivity index (χ3n) is 3.19. The Morgan fingerprint density at radius 2 is 2.00 bits per heavy atom. The van der Waals surface area contributed by atoms with E-state index in [9.17, 15) is 9.59 Å². The van der Waals surface area contributed by atoms with Gasteiger partial charge in [-0.15, -0.1) is 0 Å². The summed E-state index contributed by atoms with van der Waals surface area (Å²) in [4.78, 5) is 26.1. The van der Waals surface area contributed by atoms with Crippen molar-refractivity contribution in [1.29, 1.82) is 0 Å². The Morgan fingerprint density at radius 3 is 2.68 bits per heavy atom. The second-order valence-corrected chi connectivity index (χ2v) is 4.80. The van der Waals surface area contributed by atoms with Gasteiger partial charge in [-0.3, -0.25) is 9.59 Å². The summed E-state index contributed by atoms with van der Waals surface area (Å²) in [7, 11) is 0. The normalized spacial score (nSPS) is 10.7. The topological polar surface area (TPSA) is 62.0 Å². The maximum absolute atomic E-state index is 11.9. The number of aromatic nitrogens is 1. The van der Waals surface area contributed by atoms with Crippen molar-refractivity contribution in [3.05, 3.63) is 45.2 Å². The lowest BCUT2D eigenvalue weighted by molar-refractivity contribution is -0.120. The molecule has 0 radical (unpaired) electrons. The van der Waals surface area contributed by atoms with Gasteiger partial charge in [0.2, 0.25) is 5.91 Å². The SMILES string of the molecule is CCC(=O)NCc1cc2c(C)cc(C)cc2[nH]c1=O. The quantitative estimate of drug-likeness (QED) is 0.886. The first kappa shape index (κ1) is 13.3. The van der Waals surface area contributed by atoms with E-state index in [1.807, 2.05) is 26.0 Å². The number of amides is 1. The van der Waals surface area contributed by atoms with Gasteiger partial charge in [0, 0.05) is 29.4 Å². The zero-order valence-electron chi connectivity index (χ0n) is 11.5. The first-order valence-electron chi connectivity index (χ1n) is 6.41. The fraction of sp³-hybridized carbons (Fsp3) is 0.333. The molecule has 0 unspecified atom stereocenters. The van der Waals surface area contributed by atoms with Gasteiger partial charge in [-0.05, 0) is 37.1 Å². The van der Waals surface area contributed by atoms with Crippen molar-refractivity contribution in [2.24, 2.45) is 0 Å². The van der Waals surface area contributed by atoms with Crippen LogP contribution >= 0.6 is 0 Å². The number of fused-ring (bicyclic) bond motifs is 1. The van der Waals surface area contributed by atoms with Crippen molar-refractivity contribution < 1.29 is 4.79 Å². The maximum atomic E-state index is 11.9. The van der Waals surface area contributed by atoms with Gasteiger partial charge >= 0.3 is 0 Å². The molecule has 1 amide bonds. The Kier molecular flexibility index (Phi) is 3.69. The van der Waals surface area contributed by atoms with E-state index in [1.165, 1.54) is 0 Å². The van der Waals surface area contributed by atoms with Crippen molar-refractivity contribution in [2.75, 3.05) is 0 Å². The summed E-state index contributed by atoms with van der Waals surface area (Å²) in [5, 5.41) is 3.75. The van der Waals surface area contributed by atoms with E-state index in [0.29, 0.717) is 12.0 Å². The second kappa shape index (κ2) is 5.26. The molecule has 4 heteroatoms. The molecule has 0 atom stereocenters. The Bertz CT molecular complexity index is 686. The number of benzene rings is 1. The molecule has 0 aliphatic carbocycles. The largest absolute Gasteiger partial charge is 0.352 e. The molecule has 1 aromatic carbocycles. The van der Waals surface area contributed by atoms with Crippen LogP contribution in [0, 0.1) is 13.8 Å². The minimum atomic E-state index is -0.145. The molecule has 4 nitrogen and oxygen atoms in total. The van der Waals surface area contributed by atoms with E-state index in [4.69, 9.17) is 0 Å². The Labute approximate surface area is 111 Å². The highest BCUT2D eigenvalue weighted by atomic mass is 16.1. The zero-order chi connectivity index (χ0) is 14.0. The molecule has 0 aliphatic rings. The lowest BCUT2D eigenvalue weighted by Gasteiger charge is -2.08. The van der Waals surface area contributed by atoms with Crippen LogP contribution in [0.5, 0.6) is 0 Å². The molecule has 1 aromatic heterocycles. The summed E-state index contributed by atoms with van der Waals surface area (Å²) in [6.07, 6.45) is 0.420. The Hall–Kier alpha value is -2.10. The van der Waals surface area contributed by atoms with E-state index in [2.05, 4.69) is 16.4 Å². The highest BCUT2D eigenvalue weighted by molar-refractivity contribution is 5.83. The van der Waals surface area contributed by atoms with Crippen molar-refractivity contribution in [3.63, 3.8) is 0 Å². The van der Waals surface area contributed by atoms with Gasteiger partial charge in [-0.2, -0.15) is 0 Å². The van der Waals surface area contributed by atoms with Gasteiger partial charge in [0.15, 0.2) is 0 Å². The highest BCUT2D eigenvalue weighted by Gasteiger charge is 2.06. The molecule has 1 heterocycles. The van der Waals surface area contributed by atoms with Gasteiger partial charge in [-0.1, -0.05) is 13.0 Å². The number of nitrogens with one attached hydrogen (secondary N) is 2. The number of aryl methyl sites for hydroxylation is 2. The summed E-state index contributed by atoms with van der Waals surface area (Å²) >= 11 is 0. The lowest BCUT2D eigenvalue weighted by atomic mass is 10.0. The fourth-order valence-corrected chi connectivity index (χ4v) is 2.17. The van der Waals surface area contributed by atoms with Crippen LogP contribution in [-0.4, -0.2) is 10.9 Å². The molecular weight excluding hydrogens is 240 g/mol. The predicted octanol–water partition coefficient (Wildman–Crippen LogP) is 2.17. The van der Waals surface area contributed by atoms with Crippen LogP contribution in [0.4, 0.5) is 0 Å². The van der Waals surface area contributed by atoms with Crippen LogP contribution in [0.2, 0.25) is 0 Å². The summed E-state index contributed by atoms with van der Waals surface area (Å²) in [6, 6.07) is 5.89. The average Bonchev–Trinajstić information content (AvgIpc) is 2.36. The van der Waals surface area contributed by atoms with Crippen LogP contribution in [0.15, 0.2) is 23.0 Å². The molecule has 0 fully saturated rings. The van der Waals surface area contributed by atoms with Crippen LogP contribution in [0.25, 0.3) is 10.9 Å². The highest BCUT2D eigenvalue weighted by Crippen LogP contribution is 2.18. The number of hydrogen-bond acceptors (Lipinski definition) is 2. The van der Waals surface area contributed by atoms with Gasteiger partial charge in [0.05, 0.1) is 0 Å². The number of hydrogen-bond donors (Lipinski definition) is 2. The van der Waals surface area contributed by atoms with Crippen molar-refractivity contribution in [1.82, 2.24) is 10.3 Å². The number of rotatable bonds is 3. The molecule has 2 rings (SSSR count). The molecule has 0 saturated carbocycles. The van der Waals surface area contributed by atoms with E-state index in [0.717, 1.165) is 22.0 Å². The average molecular weight is 258 g/mol. The predicted molar refractivity (Wildman–Crippen MR) is 76.2 cm³/mol. The molecule has 2 N–H and O–H groups in total. The molecule has 2 aromatic rings. The van der Waals surface area contributed by atoms with Gasteiger partial charge in [-0.25, -0.2) is 0 Å². The number of H-pyrrole nitrogens is 1. The fourth-order valence-electron chi connectivity index (χ4n) is 2.17. The third kappa shape index (κ3) is 2.84. The van der Waals surface area contributed by atoms with E-state index in [-0.39, 0.29) is 18.0 Å². The van der Waals surface area contributed by atoms with Crippen molar-refractivity contribution in [3.8, 4) is 0 Å². The Balaban J connectivity index is 2.44. The molecule has 19 heavy (non-hydrogen) atoms. The molecule has 0 spiro atoms. The van der Waals surface area contributed by atoms with Crippen molar-refractivity contribution >= 4 is 16.8 Å². The van der Waals surface area contributed by atoms with Crippen LogP contribution in [-0.2, 0) is 11.3 Å². The van der Waals surface area contributed by atoms with Crippen molar-refractivity contribution in [2.45, 2.75) is 33.7 Å². The van der Waals surface area contributed by atoms with E-state index in [1.54, 1.807) is 6.92 Å². The lowest BCUT2D eigenvalue weighted by Crippen LogP contribution is -2.25. The number of carbonyl (C=O) groups excluding carboxylic acids is 1. The molecule has 0 bridgehead atoms. The monoisotopic (exact) mass is 258 g/mol. The summed E-state index contributed by atoms with van der Waals surface area (Å²) < 4.78 is 0. The first-order valence-corrected chi connectivity index (χ1v) is 6.41. The minimum absolute atomic E-state index is 0.0554. The Morgan fingerprint density at radius 1 is 1.26 bits per heavy atom. The molecular formula is C15H18N2O2. The van der Waals surface area contributed by atoms with E-state index < -0.39 is 0 Å².